The predicted molar refractivity (Wildman–Crippen MR) is 78.2 cm³/mol. The van der Waals surface area contributed by atoms with Gasteiger partial charge < -0.3 is 14.9 Å². The Labute approximate surface area is 116 Å². The minimum Gasteiger partial charge on any atom is -0.611 e. The maximum Gasteiger partial charge on any atom is 0.154 e. The first kappa shape index (κ1) is 14.0. The van der Waals surface area contributed by atoms with Gasteiger partial charge in [-0.2, -0.15) is 0 Å². The fraction of sp³-hybridized carbons (Fsp3) is 0.357. The number of nitrogen functional groups attached to an aromatic ring is 1. The van der Waals surface area contributed by atoms with Crippen LogP contribution in [-0.4, -0.2) is 14.1 Å². The van der Waals surface area contributed by atoms with Gasteiger partial charge in [0.15, 0.2) is 10.6 Å². The second-order valence-corrected chi connectivity index (χ2v) is 5.98. The summed E-state index contributed by atoms with van der Waals surface area (Å²) in [7, 11) is 0. The van der Waals surface area contributed by atoms with Gasteiger partial charge >= 0.3 is 0 Å². The van der Waals surface area contributed by atoms with Gasteiger partial charge in [-0.3, -0.25) is 0 Å². The molecule has 0 aliphatic rings. The zero-order valence-electron chi connectivity index (χ0n) is 11.3. The van der Waals surface area contributed by atoms with Crippen molar-refractivity contribution in [1.29, 1.82) is 0 Å². The number of nitrogens with two attached hydrogens (primary N) is 1. The predicted octanol–water partition coefficient (Wildman–Crippen LogP) is 2.49. The molecule has 2 aromatic rings. The molecule has 2 N–H and O–H groups in total. The molecule has 0 fully saturated rings. The van der Waals surface area contributed by atoms with Crippen LogP contribution in [0.5, 0.6) is 0 Å². The highest BCUT2D eigenvalue weighted by atomic mass is 32.2. The van der Waals surface area contributed by atoms with E-state index in [4.69, 9.17) is 5.73 Å². The van der Waals surface area contributed by atoms with E-state index in [9.17, 15) is 4.55 Å². The van der Waals surface area contributed by atoms with Crippen LogP contribution in [0.4, 0.5) is 5.69 Å². The first-order valence-electron chi connectivity index (χ1n) is 6.36. The summed E-state index contributed by atoms with van der Waals surface area (Å²) in [6.07, 6.45) is 2.89. The van der Waals surface area contributed by atoms with Crippen LogP contribution in [0.1, 0.15) is 24.7 Å². The van der Waals surface area contributed by atoms with Gasteiger partial charge in [0, 0.05) is 17.9 Å². The van der Waals surface area contributed by atoms with Crippen LogP contribution in [0.15, 0.2) is 35.5 Å². The molecule has 1 aromatic heterocycles. The molecule has 4 nitrogen and oxygen atoms in total. The summed E-state index contributed by atoms with van der Waals surface area (Å²) in [5, 5.41) is 0. The van der Waals surface area contributed by atoms with E-state index in [2.05, 4.69) is 16.5 Å². The van der Waals surface area contributed by atoms with Crippen molar-refractivity contribution >= 4 is 16.9 Å². The third-order valence-electron chi connectivity index (χ3n) is 3.08. The van der Waals surface area contributed by atoms with Gasteiger partial charge in [-0.05, 0) is 48.8 Å². The zero-order valence-corrected chi connectivity index (χ0v) is 12.1. The van der Waals surface area contributed by atoms with Crippen LogP contribution in [0.25, 0.3) is 0 Å². The van der Waals surface area contributed by atoms with E-state index in [1.807, 2.05) is 25.4 Å². The first-order chi connectivity index (χ1) is 9.11. The molecule has 19 heavy (non-hydrogen) atoms. The Kier molecular flexibility index (Phi) is 4.50. The molecular weight excluding hydrogens is 258 g/mol. The fourth-order valence-electron chi connectivity index (χ4n) is 1.92. The Hall–Kier alpha value is -1.46. The van der Waals surface area contributed by atoms with E-state index in [-0.39, 0.29) is 0 Å². The van der Waals surface area contributed by atoms with E-state index in [1.54, 1.807) is 12.1 Å². The van der Waals surface area contributed by atoms with E-state index in [0.717, 1.165) is 29.2 Å². The molecule has 1 heterocycles. The number of imidazole rings is 1. The fourth-order valence-corrected chi connectivity index (χ4v) is 3.06. The maximum atomic E-state index is 12.3. The largest absolute Gasteiger partial charge is 0.611 e. The van der Waals surface area contributed by atoms with Crippen LogP contribution in [0, 0.1) is 6.92 Å². The summed E-state index contributed by atoms with van der Waals surface area (Å²) in [5.41, 5.74) is 8.32. The Morgan fingerprint density at radius 1 is 1.32 bits per heavy atom. The third kappa shape index (κ3) is 3.30. The van der Waals surface area contributed by atoms with E-state index < -0.39 is 11.2 Å². The quantitative estimate of drug-likeness (QED) is 0.674. The van der Waals surface area contributed by atoms with Gasteiger partial charge in [0.2, 0.25) is 0 Å². The minimum absolute atomic E-state index is 0.451. The second kappa shape index (κ2) is 6.12. The van der Waals surface area contributed by atoms with Gasteiger partial charge in [-0.15, -0.1) is 0 Å². The van der Waals surface area contributed by atoms with Gasteiger partial charge in [-0.25, -0.2) is 4.98 Å². The van der Waals surface area contributed by atoms with Gasteiger partial charge in [-0.1, -0.05) is 6.92 Å². The van der Waals surface area contributed by atoms with Gasteiger partial charge in [0.05, 0.1) is 6.33 Å². The average Bonchev–Trinajstić information content (AvgIpc) is 2.73. The number of hydrogen-bond acceptors (Lipinski definition) is 3. The topological polar surface area (TPSA) is 66.9 Å². The summed E-state index contributed by atoms with van der Waals surface area (Å²) >= 11 is -1.07. The Morgan fingerprint density at radius 2 is 2.00 bits per heavy atom. The maximum absolute atomic E-state index is 12.3. The lowest BCUT2D eigenvalue weighted by Crippen LogP contribution is -2.07. The first-order valence-corrected chi connectivity index (χ1v) is 7.68. The summed E-state index contributed by atoms with van der Waals surface area (Å²) in [6.45, 7) is 5.11. The van der Waals surface area contributed by atoms with Crippen LogP contribution >= 0.6 is 0 Å². The molecule has 0 aliphatic carbocycles. The number of anilines is 1. The minimum atomic E-state index is -1.07. The summed E-state index contributed by atoms with van der Waals surface area (Å²) < 4.78 is 14.4. The number of aromatic nitrogens is 2. The number of aryl methyl sites for hydroxylation is 1. The molecule has 2 rings (SSSR count). The SMILES string of the molecule is CCCn1cnc(C[S+]([O-])c2ccc(N)cc2)c1C. The van der Waals surface area contributed by atoms with Crippen LogP contribution in [0.3, 0.4) is 0 Å². The molecule has 0 bridgehead atoms. The third-order valence-corrected chi connectivity index (χ3v) is 4.41. The summed E-state index contributed by atoms with van der Waals surface area (Å²) in [4.78, 5) is 5.15. The zero-order chi connectivity index (χ0) is 13.8. The molecule has 0 saturated heterocycles. The van der Waals surface area contributed by atoms with Crippen LogP contribution in [-0.2, 0) is 23.5 Å². The van der Waals surface area contributed by atoms with Crippen LogP contribution < -0.4 is 5.73 Å². The lowest BCUT2D eigenvalue weighted by molar-refractivity contribution is 0.593. The van der Waals surface area contributed by atoms with E-state index in [0.29, 0.717) is 11.4 Å². The normalized spacial score (nSPS) is 12.6. The monoisotopic (exact) mass is 277 g/mol. The smallest absolute Gasteiger partial charge is 0.154 e. The van der Waals surface area contributed by atoms with Crippen molar-refractivity contribution in [3.63, 3.8) is 0 Å². The van der Waals surface area contributed by atoms with Crippen molar-refractivity contribution in [2.75, 3.05) is 5.73 Å². The Balaban J connectivity index is 2.10. The molecule has 1 atom stereocenters. The highest BCUT2D eigenvalue weighted by molar-refractivity contribution is 7.90. The van der Waals surface area contributed by atoms with E-state index in [1.165, 1.54) is 0 Å². The molecule has 5 heteroatoms. The number of nitrogens with zero attached hydrogens (tertiary/aromatic N) is 2. The molecule has 0 radical (unpaired) electrons. The molecule has 0 amide bonds. The molecule has 1 aromatic carbocycles. The molecular formula is C14H19N3OS. The summed E-state index contributed by atoms with van der Waals surface area (Å²) in [6, 6.07) is 7.17. The van der Waals surface area contributed by atoms with Crippen molar-refractivity contribution in [2.45, 2.75) is 37.5 Å². The van der Waals surface area contributed by atoms with Crippen molar-refractivity contribution < 1.29 is 4.55 Å². The number of rotatable bonds is 5. The van der Waals surface area contributed by atoms with Gasteiger partial charge in [0.25, 0.3) is 0 Å². The van der Waals surface area contributed by atoms with Gasteiger partial charge in [0.1, 0.15) is 5.69 Å². The lowest BCUT2D eigenvalue weighted by atomic mass is 10.3. The highest BCUT2D eigenvalue weighted by Crippen LogP contribution is 2.19. The number of hydrogen-bond donors (Lipinski definition) is 1. The molecule has 0 saturated carbocycles. The molecule has 0 spiro atoms. The van der Waals surface area contributed by atoms with Crippen molar-refractivity contribution in [1.82, 2.24) is 9.55 Å². The molecule has 102 valence electrons. The van der Waals surface area contributed by atoms with Crippen molar-refractivity contribution in [3.05, 3.63) is 42.0 Å². The van der Waals surface area contributed by atoms with E-state index >= 15 is 0 Å². The molecule has 1 unspecified atom stereocenters. The van der Waals surface area contributed by atoms with Crippen LogP contribution in [0.2, 0.25) is 0 Å². The highest BCUT2D eigenvalue weighted by Gasteiger charge is 2.16. The average molecular weight is 277 g/mol. The number of benzene rings is 1. The van der Waals surface area contributed by atoms with Crippen molar-refractivity contribution in [3.8, 4) is 0 Å². The Morgan fingerprint density at radius 3 is 2.63 bits per heavy atom. The standard InChI is InChI=1S/C14H19N3OS/c1-3-8-17-10-16-14(11(17)2)9-19(18)13-6-4-12(15)5-7-13/h4-7,10H,3,8-9,15H2,1-2H3. The summed E-state index contributed by atoms with van der Waals surface area (Å²) in [5.74, 6) is 0.451. The molecule has 0 aliphatic heterocycles. The lowest BCUT2D eigenvalue weighted by Gasteiger charge is -2.10. The Bertz CT molecular complexity index is 536. The second-order valence-electron chi connectivity index (χ2n) is 4.53. The van der Waals surface area contributed by atoms with Crippen molar-refractivity contribution in [2.24, 2.45) is 0 Å².